The van der Waals surface area contributed by atoms with E-state index in [-0.39, 0.29) is 6.61 Å². The monoisotopic (exact) mass is 219 g/mol. The molecular weight excluding hydrogens is 206 g/mol. The molecule has 0 unspecified atom stereocenters. The van der Waals surface area contributed by atoms with E-state index in [4.69, 9.17) is 10.8 Å². The second-order valence-electron chi connectivity index (χ2n) is 3.33. The first-order chi connectivity index (χ1) is 7.33. The van der Waals surface area contributed by atoms with Gasteiger partial charge in [0.25, 0.3) is 0 Å². The zero-order chi connectivity index (χ0) is 10.7. The van der Waals surface area contributed by atoms with Crippen LogP contribution in [-0.2, 0) is 6.42 Å². The minimum atomic E-state index is 0.137. The fraction of sp³-hybridized carbons (Fsp3) is 0.167. The van der Waals surface area contributed by atoms with Crippen molar-refractivity contribution in [3.05, 3.63) is 41.3 Å². The average molecular weight is 219 g/mol. The first-order valence-corrected chi connectivity index (χ1v) is 5.73. The lowest BCUT2D eigenvalue weighted by atomic mass is 10.0. The summed E-state index contributed by atoms with van der Waals surface area (Å²) in [7, 11) is 0. The summed E-state index contributed by atoms with van der Waals surface area (Å²) in [6.07, 6.45) is 0.616. The van der Waals surface area contributed by atoms with Crippen molar-refractivity contribution in [1.82, 2.24) is 0 Å². The van der Waals surface area contributed by atoms with Gasteiger partial charge in [0.1, 0.15) is 0 Å². The largest absolute Gasteiger partial charge is 0.398 e. The number of hydrogen-bond acceptors (Lipinski definition) is 3. The molecule has 15 heavy (non-hydrogen) atoms. The molecule has 0 amide bonds. The van der Waals surface area contributed by atoms with Crippen LogP contribution in [0.2, 0.25) is 0 Å². The van der Waals surface area contributed by atoms with Crippen LogP contribution in [0.1, 0.15) is 5.56 Å². The van der Waals surface area contributed by atoms with Gasteiger partial charge in [-0.15, -0.1) is 11.3 Å². The number of aliphatic hydroxyl groups excluding tert-OH is 1. The molecule has 0 atom stereocenters. The molecule has 2 aromatic rings. The summed E-state index contributed by atoms with van der Waals surface area (Å²) < 4.78 is 0. The van der Waals surface area contributed by atoms with Crippen LogP contribution >= 0.6 is 11.3 Å². The first-order valence-electron chi connectivity index (χ1n) is 4.85. The Kier molecular flexibility index (Phi) is 3.04. The number of aliphatic hydroxyl groups is 1. The van der Waals surface area contributed by atoms with Gasteiger partial charge in [0.2, 0.25) is 0 Å². The Bertz CT molecular complexity index is 437. The summed E-state index contributed by atoms with van der Waals surface area (Å²) in [5.41, 5.74) is 8.93. The molecule has 2 rings (SSSR count). The Balaban J connectivity index is 2.45. The lowest BCUT2D eigenvalue weighted by molar-refractivity contribution is 0.300. The maximum absolute atomic E-state index is 8.91. The molecule has 0 saturated heterocycles. The third kappa shape index (κ3) is 2.03. The van der Waals surface area contributed by atoms with E-state index in [1.807, 2.05) is 29.6 Å². The van der Waals surface area contributed by atoms with E-state index in [2.05, 4.69) is 6.07 Å². The summed E-state index contributed by atoms with van der Waals surface area (Å²) >= 11 is 1.67. The number of nitrogen functional groups attached to an aromatic ring is 1. The molecule has 2 nitrogen and oxygen atoms in total. The molecule has 0 aliphatic heterocycles. The van der Waals surface area contributed by atoms with Gasteiger partial charge in [-0.3, -0.25) is 0 Å². The van der Waals surface area contributed by atoms with E-state index in [1.54, 1.807) is 11.3 Å². The van der Waals surface area contributed by atoms with Gasteiger partial charge in [-0.25, -0.2) is 0 Å². The summed E-state index contributed by atoms with van der Waals surface area (Å²) in [5.74, 6) is 0. The molecule has 0 aliphatic carbocycles. The van der Waals surface area contributed by atoms with Crippen LogP contribution in [0.15, 0.2) is 35.7 Å². The van der Waals surface area contributed by atoms with E-state index in [0.717, 1.165) is 16.8 Å². The SMILES string of the molecule is Nc1c(CCO)cccc1-c1cccs1. The standard InChI is InChI=1S/C12H13NOS/c13-12-9(6-7-14)3-1-4-10(12)11-5-2-8-15-11/h1-5,8,14H,6-7,13H2. The number of hydrogen-bond donors (Lipinski definition) is 2. The molecule has 0 spiro atoms. The van der Waals surface area contributed by atoms with E-state index in [1.165, 1.54) is 4.88 Å². The van der Waals surface area contributed by atoms with Gasteiger partial charge in [0, 0.05) is 22.7 Å². The van der Waals surface area contributed by atoms with Crippen LogP contribution in [0.25, 0.3) is 10.4 Å². The Morgan fingerprint density at radius 1 is 1.20 bits per heavy atom. The molecule has 0 radical (unpaired) electrons. The Morgan fingerprint density at radius 3 is 2.73 bits per heavy atom. The second kappa shape index (κ2) is 4.47. The quantitative estimate of drug-likeness (QED) is 0.779. The van der Waals surface area contributed by atoms with Gasteiger partial charge < -0.3 is 10.8 Å². The van der Waals surface area contributed by atoms with Crippen molar-refractivity contribution in [3.8, 4) is 10.4 Å². The zero-order valence-electron chi connectivity index (χ0n) is 8.31. The fourth-order valence-corrected chi connectivity index (χ4v) is 2.36. The highest BCUT2D eigenvalue weighted by Gasteiger charge is 2.06. The van der Waals surface area contributed by atoms with Crippen molar-refractivity contribution in [3.63, 3.8) is 0 Å². The van der Waals surface area contributed by atoms with Crippen LogP contribution in [0.4, 0.5) is 5.69 Å². The minimum absolute atomic E-state index is 0.137. The van der Waals surface area contributed by atoms with E-state index >= 15 is 0 Å². The molecule has 0 fully saturated rings. The minimum Gasteiger partial charge on any atom is -0.398 e. The third-order valence-electron chi connectivity index (χ3n) is 2.36. The number of nitrogens with two attached hydrogens (primary N) is 1. The normalized spacial score (nSPS) is 10.5. The van der Waals surface area contributed by atoms with Crippen molar-refractivity contribution in [1.29, 1.82) is 0 Å². The highest BCUT2D eigenvalue weighted by atomic mass is 32.1. The Morgan fingerprint density at radius 2 is 2.07 bits per heavy atom. The Hall–Kier alpha value is -1.32. The van der Waals surface area contributed by atoms with Crippen LogP contribution in [0, 0.1) is 0 Å². The topological polar surface area (TPSA) is 46.2 Å². The lowest BCUT2D eigenvalue weighted by Crippen LogP contribution is -1.99. The molecule has 1 aromatic carbocycles. The molecule has 1 heterocycles. The molecule has 0 bridgehead atoms. The second-order valence-corrected chi connectivity index (χ2v) is 4.28. The van der Waals surface area contributed by atoms with Crippen molar-refractivity contribution >= 4 is 17.0 Å². The highest BCUT2D eigenvalue weighted by Crippen LogP contribution is 2.31. The fourth-order valence-electron chi connectivity index (χ4n) is 1.60. The van der Waals surface area contributed by atoms with Crippen LogP contribution in [0.3, 0.4) is 0 Å². The average Bonchev–Trinajstić information content (AvgIpc) is 2.74. The zero-order valence-corrected chi connectivity index (χ0v) is 9.13. The number of para-hydroxylation sites is 1. The summed E-state index contributed by atoms with van der Waals surface area (Å²) in [6, 6.07) is 10.0. The van der Waals surface area contributed by atoms with Gasteiger partial charge >= 0.3 is 0 Å². The lowest BCUT2D eigenvalue weighted by Gasteiger charge is -2.08. The van der Waals surface area contributed by atoms with Crippen molar-refractivity contribution in [2.24, 2.45) is 0 Å². The van der Waals surface area contributed by atoms with E-state index < -0.39 is 0 Å². The third-order valence-corrected chi connectivity index (χ3v) is 3.27. The van der Waals surface area contributed by atoms with Gasteiger partial charge in [-0.1, -0.05) is 24.3 Å². The highest BCUT2D eigenvalue weighted by molar-refractivity contribution is 7.13. The molecule has 0 aliphatic rings. The Labute approximate surface area is 93.0 Å². The van der Waals surface area contributed by atoms with Crippen LogP contribution in [-0.4, -0.2) is 11.7 Å². The van der Waals surface area contributed by atoms with Crippen LogP contribution < -0.4 is 5.73 Å². The van der Waals surface area contributed by atoms with Crippen molar-refractivity contribution < 1.29 is 5.11 Å². The molecule has 1 aromatic heterocycles. The number of rotatable bonds is 3. The van der Waals surface area contributed by atoms with Gasteiger partial charge in [0.15, 0.2) is 0 Å². The summed E-state index contributed by atoms with van der Waals surface area (Å²) in [6.45, 7) is 0.137. The predicted octanol–water partition coefficient (Wildman–Crippen LogP) is 2.53. The van der Waals surface area contributed by atoms with E-state index in [9.17, 15) is 0 Å². The molecule has 78 valence electrons. The summed E-state index contributed by atoms with van der Waals surface area (Å²) in [4.78, 5) is 1.17. The van der Waals surface area contributed by atoms with Gasteiger partial charge in [0.05, 0.1) is 0 Å². The van der Waals surface area contributed by atoms with Crippen molar-refractivity contribution in [2.45, 2.75) is 6.42 Å². The number of thiophene rings is 1. The first kappa shape index (κ1) is 10.2. The van der Waals surface area contributed by atoms with Crippen LogP contribution in [0.5, 0.6) is 0 Å². The van der Waals surface area contributed by atoms with E-state index in [0.29, 0.717) is 6.42 Å². The van der Waals surface area contributed by atoms with Gasteiger partial charge in [-0.05, 0) is 23.4 Å². The van der Waals surface area contributed by atoms with Crippen molar-refractivity contribution in [2.75, 3.05) is 12.3 Å². The molecule has 3 heteroatoms. The molecule has 3 N–H and O–H groups in total. The maximum Gasteiger partial charge on any atom is 0.0472 e. The number of benzene rings is 1. The van der Waals surface area contributed by atoms with Gasteiger partial charge in [-0.2, -0.15) is 0 Å². The predicted molar refractivity (Wildman–Crippen MR) is 65.0 cm³/mol. The summed E-state index contributed by atoms with van der Waals surface area (Å²) in [5, 5.41) is 10.9. The maximum atomic E-state index is 8.91. The molecule has 0 saturated carbocycles. The smallest absolute Gasteiger partial charge is 0.0472 e. The number of anilines is 1. The molecular formula is C12H13NOS.